The van der Waals surface area contributed by atoms with Crippen molar-refractivity contribution in [1.82, 2.24) is 10.2 Å². The fraction of sp³-hybridized carbons (Fsp3) is 1.00. The van der Waals surface area contributed by atoms with Gasteiger partial charge in [-0.2, -0.15) is 13.2 Å². The Bertz CT molecular complexity index is 251. The second-order valence-corrected chi connectivity index (χ2v) is 5.90. The van der Waals surface area contributed by atoms with Crippen molar-refractivity contribution in [3.63, 3.8) is 0 Å². The molecule has 0 aromatic carbocycles. The number of nitrogens with zero attached hydrogens (tertiary/aromatic N) is 1. The zero-order valence-electron chi connectivity index (χ0n) is 11.1. The zero-order chi connectivity index (χ0) is 13.3. The van der Waals surface area contributed by atoms with Gasteiger partial charge in [0.05, 0.1) is 6.54 Å². The molecule has 0 radical (unpaired) electrons. The minimum Gasteiger partial charge on any atom is -0.315 e. The van der Waals surface area contributed by atoms with E-state index in [1.807, 2.05) is 7.05 Å². The topological polar surface area (TPSA) is 15.3 Å². The van der Waals surface area contributed by atoms with E-state index >= 15 is 0 Å². The summed E-state index contributed by atoms with van der Waals surface area (Å²) in [5.41, 5.74) is 0.137. The minimum atomic E-state index is -4.12. The quantitative estimate of drug-likeness (QED) is 0.830. The maximum absolute atomic E-state index is 12.4. The highest BCUT2D eigenvalue weighted by molar-refractivity contribution is 4.93. The summed E-state index contributed by atoms with van der Waals surface area (Å²) >= 11 is 0. The second kappa shape index (κ2) is 5.14. The number of hydrogen-bond acceptors (Lipinski definition) is 2. The zero-order valence-corrected chi connectivity index (χ0v) is 11.1. The first-order valence-corrected chi connectivity index (χ1v) is 6.09. The summed E-state index contributed by atoms with van der Waals surface area (Å²) in [6.07, 6.45) is -1.30. The molecule has 1 rings (SSSR count). The molecule has 102 valence electrons. The van der Waals surface area contributed by atoms with Gasteiger partial charge < -0.3 is 5.32 Å². The van der Waals surface area contributed by atoms with E-state index < -0.39 is 12.7 Å². The van der Waals surface area contributed by atoms with Crippen molar-refractivity contribution < 1.29 is 13.2 Å². The maximum atomic E-state index is 12.4. The van der Waals surface area contributed by atoms with E-state index in [1.54, 1.807) is 7.05 Å². The van der Waals surface area contributed by atoms with E-state index in [2.05, 4.69) is 19.2 Å². The van der Waals surface area contributed by atoms with Crippen LogP contribution in [0, 0.1) is 5.41 Å². The fourth-order valence-electron chi connectivity index (χ4n) is 2.75. The van der Waals surface area contributed by atoms with Crippen LogP contribution in [0.25, 0.3) is 0 Å². The molecule has 0 aromatic heterocycles. The first-order valence-electron chi connectivity index (χ1n) is 6.09. The predicted octanol–water partition coefficient (Wildman–Crippen LogP) is 2.65. The normalized spacial score (nSPS) is 29.6. The standard InChI is InChI=1S/C12H23F3N2/c1-11(2)6-5-9(16-3)10(7-11)17(4)8-12(13,14)15/h9-10,16H,5-8H2,1-4H3. The van der Waals surface area contributed by atoms with Gasteiger partial charge in [0.1, 0.15) is 0 Å². The molecule has 1 aliphatic carbocycles. The summed E-state index contributed by atoms with van der Waals surface area (Å²) in [5, 5.41) is 3.15. The van der Waals surface area contributed by atoms with Gasteiger partial charge in [-0.15, -0.1) is 0 Å². The van der Waals surface area contributed by atoms with E-state index in [-0.39, 0.29) is 17.5 Å². The summed E-state index contributed by atoms with van der Waals surface area (Å²) in [7, 11) is 3.40. The lowest BCUT2D eigenvalue weighted by Gasteiger charge is -2.44. The molecule has 2 nitrogen and oxygen atoms in total. The van der Waals surface area contributed by atoms with Crippen LogP contribution in [-0.2, 0) is 0 Å². The Morgan fingerprint density at radius 3 is 2.41 bits per heavy atom. The summed E-state index contributed by atoms with van der Waals surface area (Å²) in [5.74, 6) is 0. The first-order chi connectivity index (χ1) is 7.64. The molecule has 0 aliphatic heterocycles. The van der Waals surface area contributed by atoms with E-state index in [0.29, 0.717) is 0 Å². The van der Waals surface area contributed by atoms with Crippen LogP contribution in [0.5, 0.6) is 0 Å². The first kappa shape index (κ1) is 14.8. The Hall–Kier alpha value is -0.290. The molecule has 2 atom stereocenters. The van der Waals surface area contributed by atoms with Crippen LogP contribution in [0.15, 0.2) is 0 Å². The lowest BCUT2D eigenvalue weighted by Crippen LogP contribution is -2.54. The molecule has 0 spiro atoms. The predicted molar refractivity (Wildman–Crippen MR) is 63.0 cm³/mol. The summed E-state index contributed by atoms with van der Waals surface area (Å²) in [6, 6.07) is 0.126. The molecule has 1 saturated carbocycles. The SMILES string of the molecule is CNC1CCC(C)(C)CC1N(C)CC(F)(F)F. The van der Waals surface area contributed by atoms with Gasteiger partial charge in [0.15, 0.2) is 0 Å². The van der Waals surface area contributed by atoms with Gasteiger partial charge in [0.25, 0.3) is 0 Å². The van der Waals surface area contributed by atoms with Gasteiger partial charge in [-0.05, 0) is 38.8 Å². The molecule has 1 N–H and O–H groups in total. The van der Waals surface area contributed by atoms with Crippen molar-refractivity contribution in [2.24, 2.45) is 5.41 Å². The Balaban J connectivity index is 2.69. The van der Waals surface area contributed by atoms with Gasteiger partial charge in [-0.3, -0.25) is 4.90 Å². The van der Waals surface area contributed by atoms with Crippen molar-refractivity contribution in [2.45, 2.75) is 51.4 Å². The number of rotatable bonds is 3. The highest BCUT2D eigenvalue weighted by atomic mass is 19.4. The summed E-state index contributed by atoms with van der Waals surface area (Å²) in [6.45, 7) is 3.44. The molecule has 0 heterocycles. The van der Waals surface area contributed by atoms with Crippen molar-refractivity contribution in [1.29, 1.82) is 0 Å². The van der Waals surface area contributed by atoms with Gasteiger partial charge >= 0.3 is 6.18 Å². The smallest absolute Gasteiger partial charge is 0.315 e. The molecule has 1 aliphatic rings. The Morgan fingerprint density at radius 1 is 1.35 bits per heavy atom. The Kier molecular flexibility index (Phi) is 4.47. The Morgan fingerprint density at radius 2 is 1.94 bits per heavy atom. The van der Waals surface area contributed by atoms with Crippen LogP contribution in [0.1, 0.15) is 33.1 Å². The molecule has 17 heavy (non-hydrogen) atoms. The van der Waals surface area contributed by atoms with Crippen LogP contribution in [0.2, 0.25) is 0 Å². The van der Waals surface area contributed by atoms with Crippen molar-refractivity contribution >= 4 is 0 Å². The average Bonchev–Trinajstić information content (AvgIpc) is 2.13. The largest absolute Gasteiger partial charge is 0.401 e. The third-order valence-corrected chi connectivity index (χ3v) is 3.72. The molecule has 0 aromatic rings. The second-order valence-electron chi connectivity index (χ2n) is 5.90. The molecule has 0 saturated heterocycles. The fourth-order valence-corrected chi connectivity index (χ4v) is 2.75. The van der Waals surface area contributed by atoms with Gasteiger partial charge in [-0.25, -0.2) is 0 Å². The van der Waals surface area contributed by atoms with Crippen molar-refractivity contribution in [3.8, 4) is 0 Å². The molecule has 0 bridgehead atoms. The van der Waals surface area contributed by atoms with Crippen molar-refractivity contribution in [2.75, 3.05) is 20.6 Å². The highest BCUT2D eigenvalue weighted by Crippen LogP contribution is 2.37. The third-order valence-electron chi connectivity index (χ3n) is 3.72. The molecule has 1 fully saturated rings. The number of halogens is 3. The number of likely N-dealkylation sites (N-methyl/N-ethyl adjacent to an activating group) is 2. The van der Waals surface area contributed by atoms with Crippen LogP contribution in [0.3, 0.4) is 0 Å². The molecule has 0 amide bonds. The third kappa shape index (κ3) is 4.47. The lowest BCUT2D eigenvalue weighted by molar-refractivity contribution is -0.151. The van der Waals surface area contributed by atoms with E-state index in [4.69, 9.17) is 0 Å². The molecular weight excluding hydrogens is 229 g/mol. The molecule has 5 heteroatoms. The monoisotopic (exact) mass is 252 g/mol. The number of hydrogen-bond donors (Lipinski definition) is 1. The van der Waals surface area contributed by atoms with Crippen molar-refractivity contribution in [3.05, 3.63) is 0 Å². The maximum Gasteiger partial charge on any atom is 0.401 e. The van der Waals surface area contributed by atoms with E-state index in [9.17, 15) is 13.2 Å². The van der Waals surface area contributed by atoms with Crippen LogP contribution < -0.4 is 5.32 Å². The number of alkyl halides is 3. The minimum absolute atomic E-state index is 0.0367. The number of nitrogens with one attached hydrogen (secondary N) is 1. The molecular formula is C12H23F3N2. The highest BCUT2D eigenvalue weighted by Gasteiger charge is 2.39. The van der Waals surface area contributed by atoms with Gasteiger partial charge in [-0.1, -0.05) is 13.8 Å². The van der Waals surface area contributed by atoms with Gasteiger partial charge in [0, 0.05) is 12.1 Å². The van der Waals surface area contributed by atoms with Crippen LogP contribution in [-0.4, -0.2) is 43.8 Å². The van der Waals surface area contributed by atoms with Crippen LogP contribution in [0.4, 0.5) is 13.2 Å². The summed E-state index contributed by atoms with van der Waals surface area (Å²) in [4.78, 5) is 1.45. The van der Waals surface area contributed by atoms with E-state index in [1.165, 1.54) is 4.90 Å². The Labute approximate surface area is 102 Å². The summed E-state index contributed by atoms with van der Waals surface area (Å²) < 4.78 is 37.3. The van der Waals surface area contributed by atoms with Gasteiger partial charge in [0.2, 0.25) is 0 Å². The molecule has 2 unspecified atom stereocenters. The van der Waals surface area contributed by atoms with E-state index in [0.717, 1.165) is 19.3 Å². The average molecular weight is 252 g/mol. The lowest BCUT2D eigenvalue weighted by atomic mass is 9.72. The van der Waals surface area contributed by atoms with Crippen LogP contribution >= 0.6 is 0 Å².